The Morgan fingerprint density at radius 2 is 1.39 bits per heavy atom. The molecule has 0 bridgehead atoms. The molecule has 0 aliphatic carbocycles. The molecule has 0 spiro atoms. The van der Waals surface area contributed by atoms with E-state index >= 15 is 0 Å². The van der Waals surface area contributed by atoms with Crippen LogP contribution >= 0.6 is 11.8 Å². The summed E-state index contributed by atoms with van der Waals surface area (Å²) >= 11 is 1.53. The topological polar surface area (TPSA) is 64.8 Å². The van der Waals surface area contributed by atoms with Gasteiger partial charge in [0.2, 0.25) is 0 Å². The van der Waals surface area contributed by atoms with Gasteiger partial charge in [0.15, 0.2) is 15.0 Å². The van der Waals surface area contributed by atoms with Crippen LogP contribution in [0.1, 0.15) is 17.8 Å². The maximum absolute atomic E-state index is 12.5. The van der Waals surface area contributed by atoms with Crippen LogP contribution in [0.5, 0.6) is 0 Å². The van der Waals surface area contributed by atoms with Gasteiger partial charge in [0.1, 0.15) is 5.82 Å². The molecule has 1 heterocycles. The van der Waals surface area contributed by atoms with E-state index in [9.17, 15) is 8.42 Å². The van der Waals surface area contributed by atoms with Crippen LogP contribution in [0.25, 0.3) is 5.69 Å². The smallest absolute Gasteiger partial charge is 0.195 e. The van der Waals surface area contributed by atoms with Gasteiger partial charge >= 0.3 is 0 Å². The summed E-state index contributed by atoms with van der Waals surface area (Å²) in [6, 6.07) is 28.8. The van der Waals surface area contributed by atoms with E-state index in [-0.39, 0.29) is 5.75 Å². The Balaban J connectivity index is 1.48. The van der Waals surface area contributed by atoms with Crippen molar-refractivity contribution in [1.82, 2.24) is 14.8 Å². The molecular formula is C24H23N3O2S2. The lowest BCUT2D eigenvalue weighted by Crippen LogP contribution is -2.08. The first-order valence-corrected chi connectivity index (χ1v) is 12.7. The predicted octanol–water partition coefficient (Wildman–Crippen LogP) is 4.81. The molecule has 4 aromatic rings. The second kappa shape index (κ2) is 9.94. The summed E-state index contributed by atoms with van der Waals surface area (Å²) in [5, 5.41) is 9.62. The van der Waals surface area contributed by atoms with Crippen LogP contribution in [0.2, 0.25) is 0 Å². The highest BCUT2D eigenvalue weighted by atomic mass is 32.2. The number of para-hydroxylation sites is 1. The number of hydrogen-bond donors (Lipinski definition) is 0. The lowest BCUT2D eigenvalue weighted by molar-refractivity contribution is 0.595. The Kier molecular flexibility index (Phi) is 6.84. The number of nitrogens with zero attached hydrogens (tertiary/aromatic N) is 3. The molecule has 0 fully saturated rings. The zero-order valence-electron chi connectivity index (χ0n) is 17.0. The second-order valence-corrected chi connectivity index (χ2v) is 10.2. The summed E-state index contributed by atoms with van der Waals surface area (Å²) in [5.41, 5.74) is 2.16. The maximum Gasteiger partial charge on any atom is 0.195 e. The van der Waals surface area contributed by atoms with Crippen LogP contribution in [0.15, 0.2) is 101 Å². The van der Waals surface area contributed by atoms with Crippen molar-refractivity contribution < 1.29 is 8.42 Å². The molecule has 7 heteroatoms. The number of hydrogen-bond acceptors (Lipinski definition) is 5. The molecule has 0 saturated heterocycles. The molecule has 0 amide bonds. The van der Waals surface area contributed by atoms with E-state index in [1.165, 1.54) is 11.8 Å². The molecule has 3 aromatic carbocycles. The molecule has 1 aromatic heterocycles. The van der Waals surface area contributed by atoms with Gasteiger partial charge in [-0.1, -0.05) is 78.5 Å². The van der Waals surface area contributed by atoms with Crippen LogP contribution in [0.3, 0.4) is 0 Å². The Bertz CT molecular complexity index is 1210. The predicted molar refractivity (Wildman–Crippen MR) is 124 cm³/mol. The summed E-state index contributed by atoms with van der Waals surface area (Å²) in [5.74, 6) is 1.61. The van der Waals surface area contributed by atoms with Crippen LogP contribution in [-0.2, 0) is 16.3 Å². The van der Waals surface area contributed by atoms with Crippen molar-refractivity contribution in [2.45, 2.75) is 22.9 Å². The first-order valence-electron chi connectivity index (χ1n) is 10.1. The van der Waals surface area contributed by atoms with Crippen molar-refractivity contribution in [3.8, 4) is 5.69 Å². The fourth-order valence-corrected chi connectivity index (χ4v) is 5.71. The third-order valence-corrected chi connectivity index (χ3v) is 7.64. The highest BCUT2D eigenvalue weighted by molar-refractivity contribution is 7.99. The Labute approximate surface area is 187 Å². The van der Waals surface area contributed by atoms with Gasteiger partial charge < -0.3 is 0 Å². The van der Waals surface area contributed by atoms with Gasteiger partial charge in [-0.2, -0.15) is 0 Å². The average Bonchev–Trinajstić information content (AvgIpc) is 3.21. The first kappa shape index (κ1) is 21.3. The van der Waals surface area contributed by atoms with E-state index in [0.29, 0.717) is 23.5 Å². The molecule has 0 radical (unpaired) electrons. The molecule has 5 nitrogen and oxygen atoms in total. The van der Waals surface area contributed by atoms with Gasteiger partial charge in [0.05, 0.1) is 10.6 Å². The van der Waals surface area contributed by atoms with Crippen LogP contribution in [0, 0.1) is 0 Å². The number of thioether (sulfide) groups is 1. The standard InChI is InChI=1S/C24H23N3O2S2/c28-31(29,22-15-8-3-9-16-22)18-10-17-30-24-26-25-23(19-20-11-4-1-5-12-20)27(24)21-13-6-2-7-14-21/h1-9,11-16H,10,17-19H2. The van der Waals surface area contributed by atoms with E-state index in [1.807, 2.05) is 54.6 Å². The molecule has 0 atom stereocenters. The van der Waals surface area contributed by atoms with E-state index in [1.54, 1.807) is 24.3 Å². The van der Waals surface area contributed by atoms with Gasteiger partial charge in [0, 0.05) is 17.9 Å². The fourth-order valence-electron chi connectivity index (χ4n) is 3.28. The normalized spacial score (nSPS) is 11.5. The average molecular weight is 450 g/mol. The highest BCUT2D eigenvalue weighted by Gasteiger charge is 2.17. The second-order valence-electron chi connectivity index (χ2n) is 7.07. The number of rotatable bonds is 9. The van der Waals surface area contributed by atoms with Crippen LogP contribution in [-0.4, -0.2) is 34.7 Å². The van der Waals surface area contributed by atoms with E-state index in [2.05, 4.69) is 26.9 Å². The SMILES string of the molecule is O=S(=O)(CCCSc1nnc(Cc2ccccc2)n1-c1ccccc1)c1ccccc1. The number of aromatic nitrogens is 3. The first-order chi connectivity index (χ1) is 15.1. The van der Waals surface area contributed by atoms with Crippen molar-refractivity contribution in [3.63, 3.8) is 0 Å². The van der Waals surface area contributed by atoms with E-state index < -0.39 is 9.84 Å². The van der Waals surface area contributed by atoms with Gasteiger partial charge in [-0.3, -0.25) is 4.57 Å². The van der Waals surface area contributed by atoms with Gasteiger partial charge in [-0.25, -0.2) is 8.42 Å². The third-order valence-electron chi connectivity index (χ3n) is 4.81. The van der Waals surface area contributed by atoms with Crippen molar-refractivity contribution in [2.75, 3.05) is 11.5 Å². The molecular weight excluding hydrogens is 426 g/mol. The number of benzene rings is 3. The third kappa shape index (κ3) is 5.42. The monoisotopic (exact) mass is 449 g/mol. The quantitative estimate of drug-likeness (QED) is 0.271. The molecule has 31 heavy (non-hydrogen) atoms. The van der Waals surface area contributed by atoms with Gasteiger partial charge in [0.25, 0.3) is 0 Å². The molecule has 4 rings (SSSR count). The molecule has 0 N–H and O–H groups in total. The largest absolute Gasteiger partial charge is 0.274 e. The minimum absolute atomic E-state index is 0.111. The zero-order valence-corrected chi connectivity index (χ0v) is 18.6. The Morgan fingerprint density at radius 3 is 2.06 bits per heavy atom. The van der Waals surface area contributed by atoms with Crippen molar-refractivity contribution in [3.05, 3.63) is 102 Å². The van der Waals surface area contributed by atoms with Crippen molar-refractivity contribution in [2.24, 2.45) is 0 Å². The lowest BCUT2D eigenvalue weighted by Gasteiger charge is -2.10. The lowest BCUT2D eigenvalue weighted by atomic mass is 10.1. The molecule has 0 aliphatic rings. The molecule has 158 valence electrons. The molecule has 0 saturated carbocycles. The highest BCUT2D eigenvalue weighted by Crippen LogP contribution is 2.24. The van der Waals surface area contributed by atoms with E-state index in [4.69, 9.17) is 0 Å². The fraction of sp³-hybridized carbons (Fsp3) is 0.167. The maximum atomic E-state index is 12.5. The summed E-state index contributed by atoms with van der Waals surface area (Å²) in [6.45, 7) is 0. The Morgan fingerprint density at radius 1 is 0.774 bits per heavy atom. The van der Waals surface area contributed by atoms with Gasteiger partial charge in [-0.15, -0.1) is 10.2 Å². The summed E-state index contributed by atoms with van der Waals surface area (Å²) in [4.78, 5) is 0.373. The zero-order chi connectivity index (χ0) is 21.5. The van der Waals surface area contributed by atoms with Gasteiger partial charge in [-0.05, 0) is 36.2 Å². The summed E-state index contributed by atoms with van der Waals surface area (Å²) in [7, 11) is -3.27. The van der Waals surface area contributed by atoms with Crippen LogP contribution < -0.4 is 0 Å². The minimum atomic E-state index is -3.27. The van der Waals surface area contributed by atoms with Crippen LogP contribution in [0.4, 0.5) is 0 Å². The van der Waals surface area contributed by atoms with Crippen molar-refractivity contribution in [1.29, 1.82) is 0 Å². The minimum Gasteiger partial charge on any atom is -0.274 e. The number of sulfone groups is 1. The summed E-state index contributed by atoms with van der Waals surface area (Å²) < 4.78 is 27.1. The van der Waals surface area contributed by atoms with E-state index in [0.717, 1.165) is 22.2 Å². The molecule has 0 unspecified atom stereocenters. The Hall–Kier alpha value is -2.90. The van der Waals surface area contributed by atoms with Crippen molar-refractivity contribution >= 4 is 21.6 Å². The summed E-state index contributed by atoms with van der Waals surface area (Å²) in [6.07, 6.45) is 1.21. The molecule has 0 aliphatic heterocycles.